The van der Waals surface area contributed by atoms with Gasteiger partial charge in [0.1, 0.15) is 0 Å². The first-order valence-corrected chi connectivity index (χ1v) is 5.03. The van der Waals surface area contributed by atoms with Crippen LogP contribution in [0, 0.1) is 11.3 Å². The first-order chi connectivity index (χ1) is 6.55. The second-order valence-corrected chi connectivity index (χ2v) is 4.50. The van der Waals surface area contributed by atoms with Crippen LogP contribution in [0.2, 0.25) is 0 Å². The van der Waals surface area contributed by atoms with Gasteiger partial charge in [-0.25, -0.2) is 0 Å². The molecule has 0 aromatic rings. The number of likely N-dealkylation sites (tertiary alicyclic amines) is 1. The highest BCUT2D eigenvalue weighted by molar-refractivity contribution is 5.76. The molecule has 4 nitrogen and oxygen atoms in total. The quantitative estimate of drug-likeness (QED) is 0.673. The van der Waals surface area contributed by atoms with E-state index in [1.165, 1.54) is 0 Å². The molecule has 1 amide bonds. The molecule has 2 aliphatic rings. The summed E-state index contributed by atoms with van der Waals surface area (Å²) < 4.78 is 0. The molecule has 1 aliphatic heterocycles. The van der Waals surface area contributed by atoms with Gasteiger partial charge < -0.3 is 10.0 Å². The van der Waals surface area contributed by atoms with Gasteiger partial charge in [0.2, 0.25) is 5.91 Å². The molecule has 1 spiro atoms. The second-order valence-electron chi connectivity index (χ2n) is 4.50. The van der Waals surface area contributed by atoms with Gasteiger partial charge in [-0.3, -0.25) is 9.59 Å². The molecule has 4 heteroatoms. The summed E-state index contributed by atoms with van der Waals surface area (Å²) in [6, 6.07) is 0. The van der Waals surface area contributed by atoms with Gasteiger partial charge in [-0.1, -0.05) is 0 Å². The van der Waals surface area contributed by atoms with Gasteiger partial charge in [0.15, 0.2) is 0 Å². The lowest BCUT2D eigenvalue weighted by Gasteiger charge is -2.32. The number of carboxylic acid groups (broad SMARTS) is 1. The van der Waals surface area contributed by atoms with Crippen LogP contribution in [-0.2, 0) is 9.59 Å². The molecular weight excluding hydrogens is 182 g/mol. The monoisotopic (exact) mass is 197 g/mol. The summed E-state index contributed by atoms with van der Waals surface area (Å²) in [5.41, 5.74) is -0.0737. The van der Waals surface area contributed by atoms with Crippen molar-refractivity contribution < 1.29 is 14.7 Å². The van der Waals surface area contributed by atoms with Gasteiger partial charge in [0.05, 0.1) is 5.92 Å². The van der Waals surface area contributed by atoms with Gasteiger partial charge in [-0.05, 0) is 19.3 Å². The highest BCUT2D eigenvalue weighted by atomic mass is 16.4. The zero-order valence-electron chi connectivity index (χ0n) is 8.32. The summed E-state index contributed by atoms with van der Waals surface area (Å²) in [5.74, 6) is -0.833. The van der Waals surface area contributed by atoms with Crippen LogP contribution in [-0.4, -0.2) is 35.0 Å². The number of carbonyl (C=O) groups is 2. The van der Waals surface area contributed by atoms with Crippen LogP contribution >= 0.6 is 0 Å². The number of carbonyl (C=O) groups excluding carboxylic acids is 1. The number of amides is 1. The molecule has 1 heterocycles. The van der Waals surface area contributed by atoms with Crippen LogP contribution in [0.4, 0.5) is 0 Å². The van der Waals surface area contributed by atoms with E-state index in [1.54, 1.807) is 11.8 Å². The molecule has 0 bridgehead atoms. The first kappa shape index (κ1) is 9.49. The number of nitrogens with zero attached hydrogens (tertiary/aromatic N) is 1. The predicted molar refractivity (Wildman–Crippen MR) is 49.7 cm³/mol. The van der Waals surface area contributed by atoms with Crippen molar-refractivity contribution in [2.75, 3.05) is 13.1 Å². The number of piperidine rings is 1. The molecule has 1 saturated carbocycles. The van der Waals surface area contributed by atoms with E-state index in [4.69, 9.17) is 5.11 Å². The Hall–Kier alpha value is -1.06. The maximum absolute atomic E-state index is 11.2. The molecule has 14 heavy (non-hydrogen) atoms. The van der Waals surface area contributed by atoms with E-state index < -0.39 is 5.97 Å². The fraction of sp³-hybridized carbons (Fsp3) is 0.800. The van der Waals surface area contributed by atoms with E-state index in [-0.39, 0.29) is 17.2 Å². The van der Waals surface area contributed by atoms with Crippen LogP contribution in [0.25, 0.3) is 0 Å². The van der Waals surface area contributed by atoms with E-state index in [2.05, 4.69) is 0 Å². The lowest BCUT2D eigenvalue weighted by Crippen LogP contribution is -2.40. The predicted octanol–water partition coefficient (Wildman–Crippen LogP) is 0.720. The minimum absolute atomic E-state index is 0.0695. The molecule has 2 rings (SSSR count). The van der Waals surface area contributed by atoms with Crippen molar-refractivity contribution in [1.82, 2.24) is 4.90 Å². The molecule has 0 aromatic carbocycles. The standard InChI is InChI=1S/C10H15NO3/c1-7(12)11-4-2-3-10(6-11)5-8(10)9(13)14/h8H,2-6H2,1H3,(H,13,14). The van der Waals surface area contributed by atoms with E-state index in [1.807, 2.05) is 0 Å². The highest BCUT2D eigenvalue weighted by Crippen LogP contribution is 2.57. The van der Waals surface area contributed by atoms with Crippen LogP contribution in [0.5, 0.6) is 0 Å². The summed E-state index contributed by atoms with van der Waals surface area (Å²) in [4.78, 5) is 23.8. The van der Waals surface area contributed by atoms with Crippen molar-refractivity contribution >= 4 is 11.9 Å². The zero-order chi connectivity index (χ0) is 10.3. The van der Waals surface area contributed by atoms with Gasteiger partial charge in [-0.2, -0.15) is 0 Å². The maximum atomic E-state index is 11.2. The minimum atomic E-state index is -0.699. The minimum Gasteiger partial charge on any atom is -0.481 e. The van der Waals surface area contributed by atoms with Crippen molar-refractivity contribution in [2.45, 2.75) is 26.2 Å². The number of hydrogen-bond donors (Lipinski definition) is 1. The van der Waals surface area contributed by atoms with Crippen LogP contribution in [0.3, 0.4) is 0 Å². The van der Waals surface area contributed by atoms with Gasteiger partial charge in [0, 0.05) is 25.4 Å². The van der Waals surface area contributed by atoms with Crippen molar-refractivity contribution in [2.24, 2.45) is 11.3 Å². The third kappa shape index (κ3) is 1.38. The van der Waals surface area contributed by atoms with Crippen molar-refractivity contribution in [3.8, 4) is 0 Å². The van der Waals surface area contributed by atoms with E-state index in [0.717, 1.165) is 25.8 Å². The third-order valence-corrected chi connectivity index (χ3v) is 3.54. The SMILES string of the molecule is CC(=O)N1CCCC2(CC2C(=O)O)C1. The number of carboxylic acids is 1. The molecule has 0 aromatic heterocycles. The molecule has 78 valence electrons. The molecule has 1 N–H and O–H groups in total. The average molecular weight is 197 g/mol. The first-order valence-electron chi connectivity index (χ1n) is 5.03. The Morgan fingerprint density at radius 3 is 2.71 bits per heavy atom. The summed E-state index contributed by atoms with van der Waals surface area (Å²) in [6.45, 7) is 3.00. The van der Waals surface area contributed by atoms with Gasteiger partial charge >= 0.3 is 5.97 Å². The Kier molecular flexibility index (Phi) is 2.01. The maximum Gasteiger partial charge on any atom is 0.307 e. The van der Waals surface area contributed by atoms with Crippen LogP contribution in [0.15, 0.2) is 0 Å². The molecule has 0 radical (unpaired) electrons. The number of rotatable bonds is 1. The van der Waals surface area contributed by atoms with E-state index in [0.29, 0.717) is 6.54 Å². The van der Waals surface area contributed by atoms with Crippen LogP contribution in [0.1, 0.15) is 26.2 Å². The normalized spacial score (nSPS) is 35.8. The Morgan fingerprint density at radius 1 is 1.50 bits per heavy atom. The molecule has 1 aliphatic carbocycles. The van der Waals surface area contributed by atoms with Crippen molar-refractivity contribution in [3.05, 3.63) is 0 Å². The van der Waals surface area contributed by atoms with Gasteiger partial charge in [0.25, 0.3) is 0 Å². The Morgan fingerprint density at radius 2 is 2.21 bits per heavy atom. The lowest BCUT2D eigenvalue weighted by molar-refractivity contribution is -0.141. The molecular formula is C10H15NO3. The number of hydrogen-bond acceptors (Lipinski definition) is 2. The summed E-state index contributed by atoms with van der Waals surface area (Å²) in [7, 11) is 0. The Bertz CT molecular complexity index is 289. The molecule has 2 unspecified atom stereocenters. The fourth-order valence-corrected chi connectivity index (χ4v) is 2.58. The summed E-state index contributed by atoms with van der Waals surface area (Å²) in [5, 5.41) is 8.89. The van der Waals surface area contributed by atoms with Crippen LogP contribution < -0.4 is 0 Å². The average Bonchev–Trinajstić information content (AvgIpc) is 2.79. The molecule has 2 atom stereocenters. The zero-order valence-corrected chi connectivity index (χ0v) is 8.32. The van der Waals surface area contributed by atoms with Crippen molar-refractivity contribution in [1.29, 1.82) is 0 Å². The third-order valence-electron chi connectivity index (χ3n) is 3.54. The summed E-state index contributed by atoms with van der Waals surface area (Å²) >= 11 is 0. The van der Waals surface area contributed by atoms with E-state index in [9.17, 15) is 9.59 Å². The van der Waals surface area contributed by atoms with Crippen molar-refractivity contribution in [3.63, 3.8) is 0 Å². The topological polar surface area (TPSA) is 57.6 Å². The second kappa shape index (κ2) is 2.97. The lowest BCUT2D eigenvalue weighted by atomic mass is 9.92. The Balaban J connectivity index is 2.03. The number of aliphatic carboxylic acids is 1. The van der Waals surface area contributed by atoms with E-state index >= 15 is 0 Å². The highest BCUT2D eigenvalue weighted by Gasteiger charge is 2.59. The smallest absolute Gasteiger partial charge is 0.307 e. The molecule has 1 saturated heterocycles. The largest absolute Gasteiger partial charge is 0.481 e. The molecule has 2 fully saturated rings. The Labute approximate surface area is 82.9 Å². The van der Waals surface area contributed by atoms with Gasteiger partial charge in [-0.15, -0.1) is 0 Å². The summed E-state index contributed by atoms with van der Waals surface area (Å²) in [6.07, 6.45) is 2.67. The fourth-order valence-electron chi connectivity index (χ4n) is 2.58.